The maximum absolute atomic E-state index is 4.25. The highest BCUT2D eigenvalue weighted by Gasteiger charge is 1.95. The molecular weight excluding hydrogens is 246 g/mol. The molecular formula is C17H15N3. The van der Waals surface area contributed by atoms with E-state index < -0.39 is 0 Å². The van der Waals surface area contributed by atoms with Crippen molar-refractivity contribution in [2.75, 3.05) is 5.43 Å². The minimum atomic E-state index is 0.977. The summed E-state index contributed by atoms with van der Waals surface area (Å²) in [6, 6.07) is 22.1. The number of benzene rings is 2. The number of hydrogen-bond acceptors (Lipinski definition) is 2. The molecule has 0 radical (unpaired) electrons. The number of hydrogen-bond donors (Lipinski definition) is 1. The minimum Gasteiger partial charge on any atom is -0.324 e. The van der Waals surface area contributed by atoms with Crippen molar-refractivity contribution in [3.05, 3.63) is 84.7 Å². The van der Waals surface area contributed by atoms with Crippen molar-refractivity contribution in [3.8, 4) is 5.69 Å². The van der Waals surface area contributed by atoms with E-state index >= 15 is 0 Å². The van der Waals surface area contributed by atoms with Crippen LogP contribution in [0.1, 0.15) is 5.56 Å². The summed E-state index contributed by atoms with van der Waals surface area (Å²) in [4.78, 5) is 0. The second-order valence-corrected chi connectivity index (χ2v) is 4.42. The van der Waals surface area contributed by atoms with Gasteiger partial charge in [0.15, 0.2) is 0 Å². The van der Waals surface area contributed by atoms with E-state index in [1.165, 1.54) is 0 Å². The van der Waals surface area contributed by atoms with E-state index in [0.717, 1.165) is 16.9 Å². The smallest absolute Gasteiger partial charge is 0.0561 e. The summed E-state index contributed by atoms with van der Waals surface area (Å²) >= 11 is 0. The summed E-state index contributed by atoms with van der Waals surface area (Å²) < 4.78 is 2.07. The van der Waals surface area contributed by atoms with Gasteiger partial charge in [-0.05, 0) is 42.0 Å². The number of anilines is 1. The summed E-state index contributed by atoms with van der Waals surface area (Å²) in [6.45, 7) is 0. The highest BCUT2D eigenvalue weighted by Crippen LogP contribution is 2.10. The van der Waals surface area contributed by atoms with Crippen LogP contribution in [0.25, 0.3) is 5.69 Å². The van der Waals surface area contributed by atoms with Gasteiger partial charge in [0.2, 0.25) is 0 Å². The lowest BCUT2D eigenvalue weighted by Gasteiger charge is -2.03. The molecule has 0 saturated carbocycles. The number of nitrogens with zero attached hydrogens (tertiary/aromatic N) is 2. The molecule has 98 valence electrons. The highest BCUT2D eigenvalue weighted by molar-refractivity contribution is 5.81. The third kappa shape index (κ3) is 2.95. The minimum absolute atomic E-state index is 0.977. The average molecular weight is 261 g/mol. The number of aromatic nitrogens is 1. The van der Waals surface area contributed by atoms with Crippen molar-refractivity contribution in [2.24, 2.45) is 5.10 Å². The number of para-hydroxylation sites is 1. The molecule has 0 saturated heterocycles. The Bertz CT molecular complexity index is 685. The lowest BCUT2D eigenvalue weighted by Crippen LogP contribution is -1.93. The highest BCUT2D eigenvalue weighted by atomic mass is 15.3. The Balaban J connectivity index is 1.73. The molecule has 0 bridgehead atoms. The molecule has 3 nitrogen and oxygen atoms in total. The third-order valence-electron chi connectivity index (χ3n) is 2.95. The van der Waals surface area contributed by atoms with Gasteiger partial charge in [-0.3, -0.25) is 5.43 Å². The van der Waals surface area contributed by atoms with Crippen LogP contribution in [0.3, 0.4) is 0 Å². The van der Waals surface area contributed by atoms with Gasteiger partial charge in [0.25, 0.3) is 0 Å². The molecule has 3 heteroatoms. The van der Waals surface area contributed by atoms with Crippen molar-refractivity contribution in [1.29, 1.82) is 0 Å². The van der Waals surface area contributed by atoms with E-state index in [-0.39, 0.29) is 0 Å². The lowest BCUT2D eigenvalue weighted by atomic mass is 10.2. The number of nitrogens with one attached hydrogen (secondary N) is 1. The van der Waals surface area contributed by atoms with Gasteiger partial charge in [0, 0.05) is 18.1 Å². The van der Waals surface area contributed by atoms with Crippen LogP contribution in [0.2, 0.25) is 0 Å². The van der Waals surface area contributed by atoms with Gasteiger partial charge in [-0.15, -0.1) is 0 Å². The average Bonchev–Trinajstić information content (AvgIpc) is 3.03. The van der Waals surface area contributed by atoms with Crippen LogP contribution >= 0.6 is 0 Å². The van der Waals surface area contributed by atoms with Gasteiger partial charge >= 0.3 is 0 Å². The van der Waals surface area contributed by atoms with Crippen molar-refractivity contribution in [3.63, 3.8) is 0 Å². The zero-order valence-electron chi connectivity index (χ0n) is 11.0. The number of hydrazone groups is 1. The molecule has 0 spiro atoms. The molecule has 0 unspecified atom stereocenters. The van der Waals surface area contributed by atoms with Gasteiger partial charge in [-0.2, -0.15) is 5.10 Å². The van der Waals surface area contributed by atoms with E-state index in [1.54, 1.807) is 0 Å². The maximum Gasteiger partial charge on any atom is 0.0561 e. The van der Waals surface area contributed by atoms with E-state index in [1.807, 2.05) is 73.2 Å². The second kappa shape index (κ2) is 5.89. The first-order chi connectivity index (χ1) is 9.92. The monoisotopic (exact) mass is 261 g/mol. The van der Waals surface area contributed by atoms with Crippen LogP contribution in [0.5, 0.6) is 0 Å². The third-order valence-corrected chi connectivity index (χ3v) is 2.95. The van der Waals surface area contributed by atoms with Gasteiger partial charge < -0.3 is 4.57 Å². The van der Waals surface area contributed by atoms with Gasteiger partial charge in [0.1, 0.15) is 0 Å². The topological polar surface area (TPSA) is 29.3 Å². The molecule has 20 heavy (non-hydrogen) atoms. The SMILES string of the molecule is C(=NNc1ccccc1)c1cccc(-n2cccc2)c1. The van der Waals surface area contributed by atoms with Crippen molar-refractivity contribution >= 4 is 11.9 Å². The summed E-state index contributed by atoms with van der Waals surface area (Å²) in [5, 5.41) is 4.25. The van der Waals surface area contributed by atoms with Crippen molar-refractivity contribution in [1.82, 2.24) is 4.57 Å². The van der Waals surface area contributed by atoms with Crippen LogP contribution in [0.4, 0.5) is 5.69 Å². The van der Waals surface area contributed by atoms with Gasteiger partial charge in [-0.25, -0.2) is 0 Å². The molecule has 1 heterocycles. The normalized spacial score (nSPS) is 10.8. The molecule has 3 rings (SSSR count). The van der Waals surface area contributed by atoms with E-state index in [9.17, 15) is 0 Å². The van der Waals surface area contributed by atoms with E-state index in [4.69, 9.17) is 0 Å². The first-order valence-corrected chi connectivity index (χ1v) is 6.49. The predicted octanol–water partition coefficient (Wildman–Crippen LogP) is 3.92. The van der Waals surface area contributed by atoms with E-state index in [2.05, 4.69) is 27.2 Å². The lowest BCUT2D eigenvalue weighted by molar-refractivity contribution is 1.08. The summed E-state index contributed by atoms with van der Waals surface area (Å²) in [5.41, 5.74) is 6.17. The molecule has 0 aliphatic heterocycles. The first kappa shape index (κ1) is 12.2. The summed E-state index contributed by atoms with van der Waals surface area (Å²) in [6.07, 6.45) is 5.87. The summed E-state index contributed by atoms with van der Waals surface area (Å²) in [5.74, 6) is 0. The Labute approximate surface area is 118 Å². The van der Waals surface area contributed by atoms with Gasteiger partial charge in [-0.1, -0.05) is 30.3 Å². The Morgan fingerprint density at radius 1 is 0.850 bits per heavy atom. The fourth-order valence-corrected chi connectivity index (χ4v) is 1.97. The first-order valence-electron chi connectivity index (χ1n) is 6.49. The Morgan fingerprint density at radius 2 is 1.65 bits per heavy atom. The fourth-order valence-electron chi connectivity index (χ4n) is 1.97. The zero-order chi connectivity index (χ0) is 13.6. The Hall–Kier alpha value is -2.81. The quantitative estimate of drug-likeness (QED) is 0.559. The molecule has 0 aliphatic carbocycles. The van der Waals surface area contributed by atoms with Crippen LogP contribution in [0, 0.1) is 0 Å². The molecule has 0 amide bonds. The largest absolute Gasteiger partial charge is 0.324 e. The molecule has 2 aromatic carbocycles. The molecule has 1 N–H and O–H groups in total. The molecule has 0 aliphatic rings. The zero-order valence-corrected chi connectivity index (χ0v) is 11.0. The second-order valence-electron chi connectivity index (χ2n) is 4.42. The van der Waals surface area contributed by atoms with Crippen LogP contribution in [0.15, 0.2) is 84.2 Å². The van der Waals surface area contributed by atoms with Crippen LogP contribution in [-0.4, -0.2) is 10.8 Å². The molecule has 0 fully saturated rings. The summed E-state index contributed by atoms with van der Waals surface area (Å²) in [7, 11) is 0. The predicted molar refractivity (Wildman–Crippen MR) is 83.4 cm³/mol. The van der Waals surface area contributed by atoms with E-state index in [0.29, 0.717) is 0 Å². The molecule has 1 aromatic heterocycles. The van der Waals surface area contributed by atoms with Crippen LogP contribution < -0.4 is 5.43 Å². The maximum atomic E-state index is 4.25. The van der Waals surface area contributed by atoms with Crippen LogP contribution in [-0.2, 0) is 0 Å². The fraction of sp³-hybridized carbons (Fsp3) is 0. The Kier molecular flexibility index (Phi) is 3.60. The number of rotatable bonds is 4. The molecule has 0 atom stereocenters. The Morgan fingerprint density at radius 3 is 2.45 bits per heavy atom. The van der Waals surface area contributed by atoms with Crippen molar-refractivity contribution in [2.45, 2.75) is 0 Å². The standard InChI is InChI=1S/C17H15N3/c1-2-8-16(9-3-1)19-18-14-15-7-6-10-17(13-15)20-11-4-5-12-20/h1-14,19H. The van der Waals surface area contributed by atoms with Crippen molar-refractivity contribution < 1.29 is 0 Å². The molecule has 3 aromatic rings. The van der Waals surface area contributed by atoms with Gasteiger partial charge in [0.05, 0.1) is 11.9 Å².